The maximum atomic E-state index is 12.6. The van der Waals surface area contributed by atoms with Gasteiger partial charge < -0.3 is 25.7 Å². The van der Waals surface area contributed by atoms with Crippen molar-refractivity contribution in [2.45, 2.75) is 295 Å². The summed E-state index contributed by atoms with van der Waals surface area (Å²) in [6, 6.07) is -1.01. The molecule has 0 radical (unpaired) electrons. The lowest BCUT2D eigenvalue weighted by Gasteiger charge is -2.27. The van der Waals surface area contributed by atoms with E-state index in [2.05, 4.69) is 79.9 Å². The number of unbranched alkanes of at least 4 members (excludes halogenated alkanes) is 31. The van der Waals surface area contributed by atoms with E-state index in [-0.39, 0.29) is 0 Å². The number of nitrogens with one attached hydrogen (secondary N) is 1. The Morgan fingerprint density at radius 3 is 1.08 bits per heavy atom. The summed E-state index contributed by atoms with van der Waals surface area (Å²) in [5, 5.41) is 43.9. The normalized spacial score (nSPS) is 14.3. The maximum Gasteiger partial charge on any atom is 0.249 e. The first kappa shape index (κ1) is 62.0. The van der Waals surface area contributed by atoms with E-state index >= 15 is 0 Å². The second-order valence-corrected chi connectivity index (χ2v) is 18.9. The zero-order valence-electron chi connectivity index (χ0n) is 42.3. The topological polar surface area (TPSA) is 110 Å². The highest BCUT2D eigenvalue weighted by Crippen LogP contribution is 2.16. The van der Waals surface area contributed by atoms with Gasteiger partial charge in [0.2, 0.25) is 5.91 Å². The molecule has 0 fully saturated rings. The average molecular weight is 898 g/mol. The minimum absolute atomic E-state index is 0.356. The van der Waals surface area contributed by atoms with Gasteiger partial charge in [-0.1, -0.05) is 235 Å². The van der Waals surface area contributed by atoms with Gasteiger partial charge in [0.05, 0.1) is 18.8 Å². The summed E-state index contributed by atoms with van der Waals surface area (Å²) < 4.78 is 0. The van der Waals surface area contributed by atoms with Crippen LogP contribution in [0.4, 0.5) is 0 Å². The Morgan fingerprint density at radius 1 is 0.391 bits per heavy atom. The van der Waals surface area contributed by atoms with Crippen molar-refractivity contribution in [1.29, 1.82) is 0 Å². The van der Waals surface area contributed by atoms with Crippen LogP contribution in [0.5, 0.6) is 0 Å². The van der Waals surface area contributed by atoms with Gasteiger partial charge in [-0.15, -0.1) is 0 Å². The van der Waals surface area contributed by atoms with Crippen molar-refractivity contribution in [3.05, 3.63) is 60.8 Å². The molecule has 4 unspecified atom stereocenters. The fourth-order valence-electron chi connectivity index (χ4n) is 8.29. The Balaban J connectivity index is 3.68. The molecule has 0 aliphatic rings. The molecule has 0 aromatic heterocycles. The zero-order chi connectivity index (χ0) is 46.7. The fraction of sp³-hybridized carbons (Fsp3) is 0.810. The van der Waals surface area contributed by atoms with Crippen LogP contribution in [0.2, 0.25) is 0 Å². The summed E-state index contributed by atoms with van der Waals surface area (Å²) in [4.78, 5) is 12.6. The van der Waals surface area contributed by atoms with E-state index in [1.807, 2.05) is 0 Å². The molecule has 0 heterocycles. The third-order valence-corrected chi connectivity index (χ3v) is 12.7. The molecule has 0 rings (SSSR count). The summed E-state index contributed by atoms with van der Waals surface area (Å²) in [6.07, 6.45) is 67.1. The first-order valence-corrected chi connectivity index (χ1v) is 27.7. The molecule has 0 saturated carbocycles. The molecule has 0 aliphatic heterocycles. The highest BCUT2D eigenvalue weighted by molar-refractivity contribution is 5.80. The minimum Gasteiger partial charge on any atom is -0.394 e. The molecular weight excluding hydrogens is 791 g/mol. The Morgan fingerprint density at radius 2 is 0.703 bits per heavy atom. The monoisotopic (exact) mass is 898 g/mol. The van der Waals surface area contributed by atoms with Crippen LogP contribution < -0.4 is 5.32 Å². The molecule has 0 aliphatic carbocycles. The van der Waals surface area contributed by atoms with Gasteiger partial charge in [0.1, 0.15) is 12.2 Å². The smallest absolute Gasteiger partial charge is 0.249 e. The predicted molar refractivity (Wildman–Crippen MR) is 279 cm³/mol. The Hall–Kier alpha value is -1.99. The highest BCUT2D eigenvalue weighted by atomic mass is 16.3. The van der Waals surface area contributed by atoms with E-state index in [0.717, 1.165) is 57.8 Å². The van der Waals surface area contributed by atoms with Gasteiger partial charge in [-0.3, -0.25) is 4.79 Å². The fourth-order valence-corrected chi connectivity index (χ4v) is 8.29. The molecule has 6 heteroatoms. The molecule has 0 bridgehead atoms. The van der Waals surface area contributed by atoms with Crippen LogP contribution in [0.1, 0.15) is 271 Å². The van der Waals surface area contributed by atoms with Gasteiger partial charge in [-0.25, -0.2) is 0 Å². The predicted octanol–water partition coefficient (Wildman–Crippen LogP) is 16.0. The minimum atomic E-state index is -1.30. The number of rotatable bonds is 50. The molecule has 1 amide bonds. The van der Waals surface area contributed by atoms with Gasteiger partial charge in [-0.05, 0) is 96.3 Å². The summed E-state index contributed by atoms with van der Waals surface area (Å²) in [5.74, 6) is -0.600. The number of hydrogen-bond acceptors (Lipinski definition) is 5. The lowest BCUT2D eigenvalue weighted by Crippen LogP contribution is -2.53. The number of hydrogen-bond donors (Lipinski definition) is 5. The average Bonchev–Trinajstić information content (AvgIpc) is 3.30. The summed E-state index contributed by atoms with van der Waals surface area (Å²) in [7, 11) is 0. The van der Waals surface area contributed by atoms with Crippen molar-refractivity contribution in [3.8, 4) is 0 Å². The van der Waals surface area contributed by atoms with Gasteiger partial charge >= 0.3 is 0 Å². The molecular formula is C58H107NO5. The Bertz CT molecular complexity index is 1100. The van der Waals surface area contributed by atoms with Crippen molar-refractivity contribution < 1.29 is 25.2 Å². The molecule has 5 N–H and O–H groups in total. The maximum absolute atomic E-state index is 12.6. The highest BCUT2D eigenvalue weighted by Gasteiger charge is 2.28. The SMILES string of the molecule is CCCCCCC/C=C/CC/C=C/CC/C=C/CCCC(O)C(O)C(CO)NC(=O)C(O)CCCCCCCCCCCCCCCC/C=C\C/C=C\CCCCCCCCCCC. The zero-order valence-corrected chi connectivity index (χ0v) is 42.3. The first-order chi connectivity index (χ1) is 31.5. The van der Waals surface area contributed by atoms with Crippen molar-refractivity contribution >= 4 is 5.91 Å². The molecule has 374 valence electrons. The molecule has 0 aromatic carbocycles. The molecule has 64 heavy (non-hydrogen) atoms. The second kappa shape index (κ2) is 52.0. The van der Waals surface area contributed by atoms with Crippen molar-refractivity contribution in [2.75, 3.05) is 6.61 Å². The number of aliphatic hydroxyl groups excluding tert-OH is 4. The molecule has 4 atom stereocenters. The van der Waals surface area contributed by atoms with Gasteiger partial charge in [0, 0.05) is 0 Å². The summed E-state index contributed by atoms with van der Waals surface area (Å²) in [5.41, 5.74) is 0. The number of carbonyl (C=O) groups excluding carboxylic acids is 1. The number of allylic oxidation sites excluding steroid dienone is 10. The summed E-state index contributed by atoms with van der Waals surface area (Å²) in [6.45, 7) is 4.04. The second-order valence-electron chi connectivity index (χ2n) is 18.9. The number of aliphatic hydroxyl groups is 4. The molecule has 0 aromatic rings. The Kier molecular flexibility index (Phi) is 50.4. The van der Waals surface area contributed by atoms with Crippen molar-refractivity contribution in [2.24, 2.45) is 0 Å². The molecule has 0 saturated heterocycles. The lowest BCUT2D eigenvalue weighted by atomic mass is 10.00. The number of carbonyl (C=O) groups is 1. The molecule has 6 nitrogen and oxygen atoms in total. The quantitative estimate of drug-likeness (QED) is 0.0309. The van der Waals surface area contributed by atoms with E-state index in [0.29, 0.717) is 19.3 Å². The Labute approximate surface area is 397 Å². The van der Waals surface area contributed by atoms with Crippen LogP contribution >= 0.6 is 0 Å². The van der Waals surface area contributed by atoms with Crippen LogP contribution in [0.3, 0.4) is 0 Å². The van der Waals surface area contributed by atoms with Gasteiger partial charge in [0.15, 0.2) is 0 Å². The van der Waals surface area contributed by atoms with Crippen molar-refractivity contribution in [3.63, 3.8) is 0 Å². The van der Waals surface area contributed by atoms with Crippen LogP contribution in [-0.4, -0.2) is 57.3 Å². The van der Waals surface area contributed by atoms with Crippen LogP contribution in [0.15, 0.2) is 60.8 Å². The lowest BCUT2D eigenvalue weighted by molar-refractivity contribution is -0.132. The van der Waals surface area contributed by atoms with Gasteiger partial charge in [-0.2, -0.15) is 0 Å². The van der Waals surface area contributed by atoms with Crippen LogP contribution in [0, 0.1) is 0 Å². The largest absolute Gasteiger partial charge is 0.394 e. The van der Waals surface area contributed by atoms with Crippen molar-refractivity contribution in [1.82, 2.24) is 5.32 Å². The third kappa shape index (κ3) is 45.2. The van der Waals surface area contributed by atoms with E-state index in [4.69, 9.17) is 0 Å². The van der Waals surface area contributed by atoms with E-state index in [1.54, 1.807) is 0 Å². The third-order valence-electron chi connectivity index (χ3n) is 12.7. The number of amides is 1. The van der Waals surface area contributed by atoms with Crippen LogP contribution in [0.25, 0.3) is 0 Å². The summed E-state index contributed by atoms with van der Waals surface area (Å²) >= 11 is 0. The van der Waals surface area contributed by atoms with E-state index in [1.165, 1.54) is 180 Å². The standard InChI is InChI=1S/C58H107NO5/c1-3-5-7-9-11-13-15-17-19-21-23-24-25-26-27-28-29-30-31-32-33-34-36-38-40-42-44-46-48-50-52-56(62)58(64)59-54(53-60)57(63)55(61)51-49-47-45-43-41-39-37-35-22-20-18-16-14-12-10-8-6-4-2/h16,18,23-24,26-27,35,37,43,45,54-57,60-63H,3-15,17,19-22,25,28-34,36,38-42,44,46-53H2,1-2H3,(H,59,64)/b18-16+,24-23-,27-26-,37-35+,45-43+. The van der Waals surface area contributed by atoms with E-state index < -0.39 is 36.9 Å². The van der Waals surface area contributed by atoms with Crippen LogP contribution in [-0.2, 0) is 4.79 Å². The van der Waals surface area contributed by atoms with E-state index in [9.17, 15) is 25.2 Å². The van der Waals surface area contributed by atoms with Gasteiger partial charge in [0.25, 0.3) is 0 Å². The molecule has 0 spiro atoms. The first-order valence-electron chi connectivity index (χ1n) is 27.7.